The van der Waals surface area contributed by atoms with Crippen molar-refractivity contribution in [2.75, 3.05) is 19.6 Å². The van der Waals surface area contributed by atoms with E-state index in [4.69, 9.17) is 4.74 Å². The fourth-order valence-electron chi connectivity index (χ4n) is 2.92. The topological polar surface area (TPSA) is 67.7 Å². The van der Waals surface area contributed by atoms with Crippen LogP contribution in [-0.2, 0) is 6.61 Å². The molecule has 0 radical (unpaired) electrons. The van der Waals surface area contributed by atoms with Gasteiger partial charge in [-0.3, -0.25) is 9.20 Å². The molecule has 0 bridgehead atoms. The van der Waals surface area contributed by atoms with Crippen LogP contribution in [0.1, 0.15) is 21.7 Å². The first-order valence-corrected chi connectivity index (χ1v) is 9.19. The normalized spacial score (nSPS) is 11.3. The highest BCUT2D eigenvalue weighted by Crippen LogP contribution is 2.24. The minimum Gasteiger partial charge on any atom is -0.485 e. The van der Waals surface area contributed by atoms with Crippen LogP contribution >= 0.6 is 0 Å². The molecule has 2 heterocycles. The van der Waals surface area contributed by atoms with E-state index in [1.165, 1.54) is 10.5 Å². The molecule has 2 N–H and O–H groups in total. The van der Waals surface area contributed by atoms with Crippen LogP contribution in [0, 0.1) is 18.6 Å². The number of benzene rings is 1. The Labute approximate surface area is 169 Å². The van der Waals surface area contributed by atoms with E-state index in [1.807, 2.05) is 0 Å². The predicted molar refractivity (Wildman–Crippen MR) is 102 cm³/mol. The number of rotatable bonds is 9. The van der Waals surface area contributed by atoms with Crippen LogP contribution in [0.3, 0.4) is 0 Å². The second-order valence-electron chi connectivity index (χ2n) is 6.45. The summed E-state index contributed by atoms with van der Waals surface area (Å²) in [4.78, 5) is 16.9. The van der Waals surface area contributed by atoms with Gasteiger partial charge in [-0.2, -0.15) is 0 Å². The van der Waals surface area contributed by atoms with Crippen LogP contribution in [-0.4, -0.2) is 41.4 Å². The number of hydrogen-bond donors (Lipinski definition) is 2. The number of imidazole rings is 1. The van der Waals surface area contributed by atoms with E-state index in [2.05, 4.69) is 15.6 Å². The molecule has 0 aliphatic carbocycles. The third-order valence-electron chi connectivity index (χ3n) is 4.32. The smallest absolute Gasteiger partial charge is 0.270 e. The number of ether oxygens (including phenoxy) is 1. The zero-order valence-electron chi connectivity index (χ0n) is 16.1. The third kappa shape index (κ3) is 4.88. The number of nitrogens with one attached hydrogen (secondary N) is 2. The molecule has 0 aliphatic rings. The third-order valence-corrected chi connectivity index (χ3v) is 4.32. The van der Waals surface area contributed by atoms with E-state index < -0.39 is 30.5 Å². The number of aryl methyl sites for hydroxylation is 1. The number of carbonyl (C=O) groups is 1. The highest BCUT2D eigenvalue weighted by molar-refractivity contribution is 5.95. The SMILES string of the molecule is Cc1nc2c(OCc3c(F)cccc3F)cccn2c1C(=O)NCCNCC(F)F. The molecule has 0 saturated carbocycles. The van der Waals surface area contributed by atoms with Gasteiger partial charge in [0, 0.05) is 19.3 Å². The van der Waals surface area contributed by atoms with Gasteiger partial charge in [0.1, 0.15) is 23.9 Å². The number of fused-ring (bicyclic) bond motifs is 1. The lowest BCUT2D eigenvalue weighted by Gasteiger charge is -2.10. The van der Waals surface area contributed by atoms with Crippen LogP contribution in [0.2, 0.25) is 0 Å². The van der Waals surface area contributed by atoms with Gasteiger partial charge in [0.15, 0.2) is 11.4 Å². The molecule has 1 aromatic carbocycles. The molecule has 0 aliphatic heterocycles. The van der Waals surface area contributed by atoms with Gasteiger partial charge in [-0.05, 0) is 31.2 Å². The van der Waals surface area contributed by atoms with Crippen molar-refractivity contribution in [1.29, 1.82) is 0 Å². The van der Waals surface area contributed by atoms with Gasteiger partial charge < -0.3 is 15.4 Å². The maximum absolute atomic E-state index is 13.8. The molecule has 3 rings (SSSR count). The summed E-state index contributed by atoms with van der Waals surface area (Å²) in [5.74, 6) is -1.62. The lowest BCUT2D eigenvalue weighted by atomic mass is 10.2. The van der Waals surface area contributed by atoms with E-state index in [-0.39, 0.29) is 36.7 Å². The van der Waals surface area contributed by atoms with Gasteiger partial charge in [0.05, 0.1) is 17.8 Å². The van der Waals surface area contributed by atoms with Crippen molar-refractivity contribution in [3.05, 3.63) is 65.1 Å². The Hall–Kier alpha value is -3.14. The van der Waals surface area contributed by atoms with Crippen molar-refractivity contribution >= 4 is 11.6 Å². The van der Waals surface area contributed by atoms with E-state index in [1.54, 1.807) is 25.3 Å². The van der Waals surface area contributed by atoms with Crippen molar-refractivity contribution in [2.24, 2.45) is 0 Å². The standard InChI is InChI=1S/C20H20F4N4O2/c1-12-18(20(29)26-8-7-25-10-17(23)24)28-9-3-6-16(19(28)27-12)30-11-13-14(21)4-2-5-15(13)22/h2-6,9,17,25H,7-8,10-11H2,1H3,(H,26,29). The van der Waals surface area contributed by atoms with Gasteiger partial charge in [-0.25, -0.2) is 22.5 Å². The van der Waals surface area contributed by atoms with Crippen molar-refractivity contribution in [1.82, 2.24) is 20.0 Å². The van der Waals surface area contributed by atoms with E-state index >= 15 is 0 Å². The maximum atomic E-state index is 13.8. The van der Waals surface area contributed by atoms with Gasteiger partial charge in [0.25, 0.3) is 12.3 Å². The van der Waals surface area contributed by atoms with Gasteiger partial charge in [-0.15, -0.1) is 0 Å². The van der Waals surface area contributed by atoms with Gasteiger partial charge in [0.2, 0.25) is 0 Å². The van der Waals surface area contributed by atoms with Gasteiger partial charge >= 0.3 is 0 Å². The van der Waals surface area contributed by atoms with E-state index in [0.29, 0.717) is 11.3 Å². The Morgan fingerprint density at radius 1 is 1.17 bits per heavy atom. The lowest BCUT2D eigenvalue weighted by molar-refractivity contribution is 0.0946. The molecule has 30 heavy (non-hydrogen) atoms. The van der Waals surface area contributed by atoms with Crippen molar-refractivity contribution in [2.45, 2.75) is 20.0 Å². The number of carbonyl (C=O) groups excluding carboxylic acids is 1. The first-order valence-electron chi connectivity index (χ1n) is 9.19. The Kier molecular flexibility index (Phi) is 6.88. The Morgan fingerprint density at radius 2 is 1.90 bits per heavy atom. The number of aromatic nitrogens is 2. The Bertz CT molecular complexity index is 1020. The summed E-state index contributed by atoms with van der Waals surface area (Å²) < 4.78 is 58.9. The van der Waals surface area contributed by atoms with Crippen LogP contribution in [0.25, 0.3) is 5.65 Å². The zero-order chi connectivity index (χ0) is 21.7. The number of halogens is 4. The molecule has 6 nitrogen and oxygen atoms in total. The summed E-state index contributed by atoms with van der Waals surface area (Å²) in [7, 11) is 0. The molecule has 0 atom stereocenters. The first kappa shape index (κ1) is 21.6. The molecule has 1 amide bonds. The Balaban J connectivity index is 1.74. The average Bonchev–Trinajstić information content (AvgIpc) is 3.03. The second kappa shape index (κ2) is 9.57. The average molecular weight is 424 g/mol. The summed E-state index contributed by atoms with van der Waals surface area (Å²) in [6.45, 7) is 1.18. The minimum absolute atomic E-state index is 0.154. The highest BCUT2D eigenvalue weighted by atomic mass is 19.3. The number of nitrogens with zero attached hydrogens (tertiary/aromatic N) is 2. The first-order chi connectivity index (χ1) is 14.4. The summed E-state index contributed by atoms with van der Waals surface area (Å²) in [5.41, 5.74) is 0.771. The molecular formula is C20H20F4N4O2. The Morgan fingerprint density at radius 3 is 2.60 bits per heavy atom. The molecule has 0 spiro atoms. The van der Waals surface area contributed by atoms with E-state index in [0.717, 1.165) is 12.1 Å². The van der Waals surface area contributed by atoms with Crippen molar-refractivity contribution in [3.63, 3.8) is 0 Å². The molecule has 3 aromatic rings. The summed E-state index contributed by atoms with van der Waals surface area (Å²) in [5, 5.41) is 5.16. The minimum atomic E-state index is -2.46. The predicted octanol–water partition coefficient (Wildman–Crippen LogP) is 3.08. The molecule has 0 fully saturated rings. The lowest BCUT2D eigenvalue weighted by Crippen LogP contribution is -2.34. The molecule has 0 unspecified atom stereocenters. The molecular weight excluding hydrogens is 404 g/mol. The van der Waals surface area contributed by atoms with E-state index in [9.17, 15) is 22.4 Å². The van der Waals surface area contributed by atoms with Crippen LogP contribution < -0.4 is 15.4 Å². The number of alkyl halides is 2. The highest BCUT2D eigenvalue weighted by Gasteiger charge is 2.19. The quantitative estimate of drug-likeness (QED) is 0.409. The molecule has 160 valence electrons. The number of hydrogen-bond acceptors (Lipinski definition) is 4. The summed E-state index contributed by atoms with van der Waals surface area (Å²) in [6, 6.07) is 6.74. The van der Waals surface area contributed by atoms with Gasteiger partial charge in [-0.1, -0.05) is 6.07 Å². The van der Waals surface area contributed by atoms with Crippen LogP contribution in [0.15, 0.2) is 36.5 Å². The number of amides is 1. The van der Waals surface area contributed by atoms with Crippen molar-refractivity contribution < 1.29 is 27.1 Å². The largest absolute Gasteiger partial charge is 0.485 e. The summed E-state index contributed by atoms with van der Waals surface area (Å²) in [6.07, 6.45) is -0.853. The fraction of sp³-hybridized carbons (Fsp3) is 0.300. The maximum Gasteiger partial charge on any atom is 0.270 e. The molecule has 2 aromatic heterocycles. The zero-order valence-corrected chi connectivity index (χ0v) is 16.1. The van der Waals surface area contributed by atoms with Crippen LogP contribution in [0.5, 0.6) is 5.75 Å². The monoisotopic (exact) mass is 424 g/mol. The molecule has 0 saturated heterocycles. The second-order valence-corrected chi connectivity index (χ2v) is 6.45. The van der Waals surface area contributed by atoms with Crippen LogP contribution in [0.4, 0.5) is 17.6 Å². The molecule has 10 heteroatoms. The van der Waals surface area contributed by atoms with Crippen molar-refractivity contribution in [3.8, 4) is 5.75 Å². The fourth-order valence-corrected chi connectivity index (χ4v) is 2.92. The number of pyridine rings is 1. The summed E-state index contributed by atoms with van der Waals surface area (Å²) >= 11 is 0.